The van der Waals surface area contributed by atoms with Gasteiger partial charge in [0.2, 0.25) is 10.0 Å². The summed E-state index contributed by atoms with van der Waals surface area (Å²) in [7, 11) is -0.443. The van der Waals surface area contributed by atoms with E-state index in [1.54, 1.807) is 12.1 Å². The molecule has 1 aliphatic rings. The predicted octanol–water partition coefficient (Wildman–Crippen LogP) is 3.23. The van der Waals surface area contributed by atoms with Gasteiger partial charge in [-0.25, -0.2) is 12.7 Å². The topological polar surface area (TPSA) is 65.6 Å². The molecule has 1 saturated heterocycles. The summed E-state index contributed by atoms with van der Waals surface area (Å²) in [5.41, 5.74) is 3.56. The number of anilines is 1. The predicted molar refractivity (Wildman–Crippen MR) is 103 cm³/mol. The summed E-state index contributed by atoms with van der Waals surface area (Å²) in [5.74, 6) is 0. The molecule has 7 heteroatoms. The number of para-hydroxylation sites is 1. The number of sulfonamides is 1. The van der Waals surface area contributed by atoms with Crippen LogP contribution in [0.3, 0.4) is 0 Å². The summed E-state index contributed by atoms with van der Waals surface area (Å²) < 4.78 is 26.4. The Hall–Kier alpha value is -2.35. The molecule has 1 fully saturated rings. The number of hydrogen-bond donors (Lipinski definition) is 1. The van der Waals surface area contributed by atoms with Crippen molar-refractivity contribution >= 4 is 26.6 Å². The fraction of sp³-hybridized carbons (Fsp3) is 0.263. The minimum Gasteiger partial charge on any atom is -0.354 e. The average molecular weight is 371 g/mol. The molecule has 1 aliphatic heterocycles. The van der Waals surface area contributed by atoms with E-state index in [1.165, 1.54) is 18.4 Å². The molecule has 26 heavy (non-hydrogen) atoms. The normalized spacial score (nSPS) is 15.3. The Labute approximate surface area is 153 Å². The molecule has 136 valence electrons. The highest BCUT2D eigenvalue weighted by atomic mass is 32.2. The number of rotatable bonds is 4. The van der Waals surface area contributed by atoms with Gasteiger partial charge in [0, 0.05) is 42.8 Å². The fourth-order valence-electron chi connectivity index (χ4n) is 3.18. The quantitative estimate of drug-likeness (QED) is 0.765. The lowest BCUT2D eigenvalue weighted by molar-refractivity contribution is 0.168. The van der Waals surface area contributed by atoms with Crippen molar-refractivity contribution in [2.24, 2.45) is 0 Å². The largest absolute Gasteiger partial charge is 0.354 e. The standard InChI is InChI=1S/C19H21N3O3S/c1-21(2)26(23,24)15-8-9-19(22-10-5-11-25-22)16(13-15)18-12-14-6-3-4-7-17(14)20-18/h3-4,6-9,12-13,20H,5,10-11H2,1-2H3. The third-order valence-electron chi connectivity index (χ3n) is 4.59. The Morgan fingerprint density at radius 1 is 1.12 bits per heavy atom. The van der Waals surface area contributed by atoms with Gasteiger partial charge in [-0.15, -0.1) is 0 Å². The maximum absolute atomic E-state index is 12.6. The average Bonchev–Trinajstić information content (AvgIpc) is 3.30. The molecule has 2 heterocycles. The van der Waals surface area contributed by atoms with E-state index >= 15 is 0 Å². The number of fused-ring (bicyclic) bond motifs is 1. The summed E-state index contributed by atoms with van der Waals surface area (Å²) in [4.78, 5) is 9.36. The molecular weight excluding hydrogens is 350 g/mol. The van der Waals surface area contributed by atoms with Crippen LogP contribution in [-0.4, -0.2) is 45.0 Å². The number of aromatic amines is 1. The third kappa shape index (κ3) is 2.88. The lowest BCUT2D eigenvalue weighted by Gasteiger charge is -2.21. The van der Waals surface area contributed by atoms with Crippen molar-refractivity contribution < 1.29 is 13.3 Å². The van der Waals surface area contributed by atoms with Gasteiger partial charge in [0.15, 0.2) is 0 Å². The van der Waals surface area contributed by atoms with Crippen LogP contribution in [0.25, 0.3) is 22.2 Å². The number of nitrogens with one attached hydrogen (secondary N) is 1. The first-order valence-corrected chi connectivity index (χ1v) is 9.96. The fourth-order valence-corrected chi connectivity index (χ4v) is 4.10. The van der Waals surface area contributed by atoms with Crippen LogP contribution in [0.4, 0.5) is 5.69 Å². The van der Waals surface area contributed by atoms with Gasteiger partial charge in [-0.05, 0) is 36.8 Å². The van der Waals surface area contributed by atoms with E-state index in [2.05, 4.69) is 4.98 Å². The van der Waals surface area contributed by atoms with E-state index < -0.39 is 10.0 Å². The Morgan fingerprint density at radius 2 is 1.92 bits per heavy atom. The summed E-state index contributed by atoms with van der Waals surface area (Å²) in [6.45, 7) is 1.46. The highest BCUT2D eigenvalue weighted by Crippen LogP contribution is 2.36. The van der Waals surface area contributed by atoms with E-state index in [0.29, 0.717) is 6.61 Å². The van der Waals surface area contributed by atoms with Gasteiger partial charge in [0.25, 0.3) is 0 Å². The first-order chi connectivity index (χ1) is 12.5. The number of aromatic nitrogens is 1. The Balaban J connectivity index is 1.91. The van der Waals surface area contributed by atoms with Crippen LogP contribution in [-0.2, 0) is 14.9 Å². The van der Waals surface area contributed by atoms with Crippen molar-refractivity contribution in [3.8, 4) is 11.3 Å². The first kappa shape index (κ1) is 17.1. The van der Waals surface area contributed by atoms with Crippen molar-refractivity contribution in [3.05, 3.63) is 48.5 Å². The Bertz CT molecular complexity index is 1020. The van der Waals surface area contributed by atoms with Crippen LogP contribution in [0.2, 0.25) is 0 Å². The second-order valence-corrected chi connectivity index (χ2v) is 8.68. The van der Waals surface area contributed by atoms with E-state index in [9.17, 15) is 8.42 Å². The molecular formula is C19H21N3O3S. The van der Waals surface area contributed by atoms with Gasteiger partial charge in [0.1, 0.15) is 0 Å². The monoisotopic (exact) mass is 371 g/mol. The molecule has 0 bridgehead atoms. The molecule has 0 saturated carbocycles. The van der Waals surface area contributed by atoms with Gasteiger partial charge in [-0.2, -0.15) is 0 Å². The van der Waals surface area contributed by atoms with Crippen molar-refractivity contribution in [1.82, 2.24) is 9.29 Å². The summed E-state index contributed by atoms with van der Waals surface area (Å²) in [6.07, 6.45) is 0.948. The summed E-state index contributed by atoms with van der Waals surface area (Å²) in [6, 6.07) is 15.2. The molecule has 0 spiro atoms. The maximum atomic E-state index is 12.6. The highest BCUT2D eigenvalue weighted by molar-refractivity contribution is 7.89. The van der Waals surface area contributed by atoms with E-state index in [0.717, 1.165) is 40.8 Å². The number of hydrogen-bond acceptors (Lipinski definition) is 4. The number of hydroxylamine groups is 1. The molecule has 0 radical (unpaired) electrons. The van der Waals surface area contributed by atoms with Gasteiger partial charge >= 0.3 is 0 Å². The first-order valence-electron chi connectivity index (χ1n) is 8.52. The minimum atomic E-state index is -3.52. The van der Waals surface area contributed by atoms with Crippen molar-refractivity contribution in [1.29, 1.82) is 0 Å². The second-order valence-electron chi connectivity index (χ2n) is 6.53. The Morgan fingerprint density at radius 3 is 2.62 bits per heavy atom. The molecule has 1 aromatic heterocycles. The molecule has 2 aromatic carbocycles. The van der Waals surface area contributed by atoms with E-state index in [-0.39, 0.29) is 4.90 Å². The van der Waals surface area contributed by atoms with Gasteiger partial charge in [-0.1, -0.05) is 18.2 Å². The maximum Gasteiger partial charge on any atom is 0.242 e. The van der Waals surface area contributed by atoms with E-state index in [4.69, 9.17) is 4.84 Å². The van der Waals surface area contributed by atoms with Gasteiger partial charge < -0.3 is 4.98 Å². The lowest BCUT2D eigenvalue weighted by Crippen LogP contribution is -2.23. The molecule has 0 atom stereocenters. The van der Waals surface area contributed by atoms with Gasteiger partial charge in [-0.3, -0.25) is 9.90 Å². The van der Waals surface area contributed by atoms with Crippen LogP contribution in [0.1, 0.15) is 6.42 Å². The molecule has 0 amide bonds. The van der Waals surface area contributed by atoms with Crippen LogP contribution in [0.15, 0.2) is 53.4 Å². The molecule has 0 unspecified atom stereocenters. The number of H-pyrrole nitrogens is 1. The lowest BCUT2D eigenvalue weighted by atomic mass is 10.1. The molecule has 0 aliphatic carbocycles. The smallest absolute Gasteiger partial charge is 0.242 e. The summed E-state index contributed by atoms with van der Waals surface area (Å²) >= 11 is 0. The molecule has 4 rings (SSSR count). The highest BCUT2D eigenvalue weighted by Gasteiger charge is 2.23. The minimum absolute atomic E-state index is 0.263. The van der Waals surface area contributed by atoms with Crippen molar-refractivity contribution in [3.63, 3.8) is 0 Å². The van der Waals surface area contributed by atoms with Crippen molar-refractivity contribution in [2.45, 2.75) is 11.3 Å². The zero-order valence-electron chi connectivity index (χ0n) is 14.8. The van der Waals surface area contributed by atoms with Crippen molar-refractivity contribution in [2.75, 3.05) is 32.3 Å². The number of benzene rings is 2. The molecule has 3 aromatic rings. The summed E-state index contributed by atoms with van der Waals surface area (Å²) in [5, 5.41) is 2.92. The number of nitrogens with zero attached hydrogens (tertiary/aromatic N) is 2. The van der Waals surface area contributed by atoms with Gasteiger partial charge in [0.05, 0.1) is 17.2 Å². The zero-order chi connectivity index (χ0) is 18.3. The van der Waals surface area contributed by atoms with E-state index in [1.807, 2.05) is 41.5 Å². The van der Waals surface area contributed by atoms with Crippen LogP contribution in [0.5, 0.6) is 0 Å². The molecule has 1 N–H and O–H groups in total. The SMILES string of the molecule is CN(C)S(=O)(=O)c1ccc(N2CCCO2)c(-c2cc3ccccc3[nH]2)c1. The van der Waals surface area contributed by atoms with Crippen LogP contribution in [0, 0.1) is 0 Å². The second kappa shape index (κ2) is 6.42. The zero-order valence-corrected chi connectivity index (χ0v) is 15.6. The third-order valence-corrected chi connectivity index (χ3v) is 6.40. The Kier molecular flexibility index (Phi) is 4.22. The molecule has 6 nitrogen and oxygen atoms in total. The van der Waals surface area contributed by atoms with Crippen LogP contribution >= 0.6 is 0 Å². The van der Waals surface area contributed by atoms with Crippen LogP contribution < -0.4 is 5.06 Å².